The molecule has 2 N–H and O–H groups in total. The van der Waals surface area contributed by atoms with Crippen LogP contribution in [0.1, 0.15) is 32.8 Å². The number of oxazole rings is 1. The number of aromatic nitrogens is 2. The number of hydrogen-bond acceptors (Lipinski definition) is 8. The zero-order valence-corrected chi connectivity index (χ0v) is 18.4. The highest BCUT2D eigenvalue weighted by atomic mass is 16.5. The standard InChI is InChI=1S/C23H25N5O5/c1-31-13-15-5-6-18(21(29)25-16-4-3-8-24-11-16)19(10-15)26-22(30)20-14-33-23(27-20)28-9-7-17(12-28)32-2/h3-6,8,10-11,14,17H,7,9,12-13H2,1-2H3,(H,25,29)(H,26,30)/t17-/m0/s1. The van der Waals surface area contributed by atoms with E-state index in [1.165, 1.54) is 6.26 Å². The lowest BCUT2D eigenvalue weighted by atomic mass is 10.1. The molecule has 4 rings (SSSR count). The Morgan fingerprint density at radius 2 is 2.09 bits per heavy atom. The summed E-state index contributed by atoms with van der Waals surface area (Å²) in [5.41, 5.74) is 2.08. The molecule has 2 aromatic heterocycles. The molecule has 0 saturated carbocycles. The Morgan fingerprint density at radius 1 is 1.21 bits per heavy atom. The number of nitrogens with one attached hydrogen (secondary N) is 2. The van der Waals surface area contributed by atoms with E-state index in [0.717, 1.165) is 18.5 Å². The fourth-order valence-corrected chi connectivity index (χ4v) is 3.58. The highest BCUT2D eigenvalue weighted by Gasteiger charge is 2.26. The van der Waals surface area contributed by atoms with Gasteiger partial charge in [-0.3, -0.25) is 14.6 Å². The predicted octanol–water partition coefficient (Wildman–Crippen LogP) is 2.95. The average Bonchev–Trinajstić information content (AvgIpc) is 3.50. The maximum atomic E-state index is 12.9. The van der Waals surface area contributed by atoms with Crippen molar-refractivity contribution in [1.29, 1.82) is 0 Å². The van der Waals surface area contributed by atoms with E-state index in [-0.39, 0.29) is 17.7 Å². The minimum Gasteiger partial charge on any atom is -0.431 e. The van der Waals surface area contributed by atoms with Crippen LogP contribution in [0.15, 0.2) is 53.4 Å². The third kappa shape index (κ3) is 5.36. The number of rotatable bonds is 8. The summed E-state index contributed by atoms with van der Waals surface area (Å²) < 4.78 is 16.1. The van der Waals surface area contributed by atoms with Crippen LogP contribution in [0.3, 0.4) is 0 Å². The van der Waals surface area contributed by atoms with Gasteiger partial charge >= 0.3 is 0 Å². The largest absolute Gasteiger partial charge is 0.431 e. The number of carbonyl (C=O) groups is 2. The second kappa shape index (κ2) is 10.2. The number of amides is 2. The van der Waals surface area contributed by atoms with Crippen molar-refractivity contribution in [3.63, 3.8) is 0 Å². The van der Waals surface area contributed by atoms with E-state index in [0.29, 0.717) is 36.1 Å². The Bertz CT molecular complexity index is 1120. The van der Waals surface area contributed by atoms with Crippen LogP contribution in [0.4, 0.5) is 17.4 Å². The SMILES string of the molecule is COCc1ccc(C(=O)Nc2cccnc2)c(NC(=O)c2coc(N3CC[C@H](OC)C3)n2)c1. The summed E-state index contributed by atoms with van der Waals surface area (Å²) in [7, 11) is 3.24. The van der Waals surface area contributed by atoms with Crippen LogP contribution in [0.5, 0.6) is 0 Å². The van der Waals surface area contributed by atoms with Crippen LogP contribution in [-0.2, 0) is 16.1 Å². The molecule has 1 atom stereocenters. The minimum atomic E-state index is -0.488. The first-order valence-electron chi connectivity index (χ1n) is 10.4. The van der Waals surface area contributed by atoms with Crippen LogP contribution < -0.4 is 15.5 Å². The number of anilines is 3. The molecule has 0 unspecified atom stereocenters. The Labute approximate surface area is 190 Å². The number of pyridine rings is 1. The molecule has 1 fully saturated rings. The highest BCUT2D eigenvalue weighted by Crippen LogP contribution is 2.24. The first-order valence-corrected chi connectivity index (χ1v) is 10.4. The molecular weight excluding hydrogens is 426 g/mol. The summed E-state index contributed by atoms with van der Waals surface area (Å²) in [5, 5.41) is 5.56. The van der Waals surface area contributed by atoms with Crippen molar-refractivity contribution in [2.45, 2.75) is 19.1 Å². The van der Waals surface area contributed by atoms with Crippen molar-refractivity contribution in [3.05, 3.63) is 65.8 Å². The second-order valence-electron chi connectivity index (χ2n) is 7.57. The normalized spacial score (nSPS) is 15.5. The van der Waals surface area contributed by atoms with Gasteiger partial charge in [0.2, 0.25) is 0 Å². The summed E-state index contributed by atoms with van der Waals surface area (Å²) in [6, 6.07) is 8.92. The van der Waals surface area contributed by atoms with Gasteiger partial charge in [0, 0.05) is 33.5 Å². The molecule has 1 aliphatic heterocycles. The first-order chi connectivity index (χ1) is 16.1. The van der Waals surface area contributed by atoms with Crippen molar-refractivity contribution in [1.82, 2.24) is 9.97 Å². The summed E-state index contributed by atoms with van der Waals surface area (Å²) in [5.74, 6) is -0.872. The van der Waals surface area contributed by atoms with Gasteiger partial charge in [-0.1, -0.05) is 6.07 Å². The molecule has 2 amide bonds. The number of hydrogen-bond donors (Lipinski definition) is 2. The molecule has 10 nitrogen and oxygen atoms in total. The maximum absolute atomic E-state index is 12.9. The number of benzene rings is 1. The fourth-order valence-electron chi connectivity index (χ4n) is 3.58. The van der Waals surface area contributed by atoms with E-state index in [1.807, 2.05) is 4.90 Å². The molecule has 3 aromatic rings. The Morgan fingerprint density at radius 3 is 2.82 bits per heavy atom. The van der Waals surface area contributed by atoms with Crippen LogP contribution in [0, 0.1) is 0 Å². The van der Waals surface area contributed by atoms with Gasteiger partial charge in [0.1, 0.15) is 6.26 Å². The molecule has 0 aliphatic carbocycles. The van der Waals surface area contributed by atoms with E-state index >= 15 is 0 Å². The van der Waals surface area contributed by atoms with Gasteiger partial charge in [-0.15, -0.1) is 0 Å². The minimum absolute atomic E-state index is 0.110. The van der Waals surface area contributed by atoms with Gasteiger partial charge in [0.15, 0.2) is 5.69 Å². The number of carbonyl (C=O) groups excluding carboxylic acids is 2. The molecule has 3 heterocycles. The molecule has 172 valence electrons. The van der Waals surface area contributed by atoms with Gasteiger partial charge in [-0.2, -0.15) is 4.98 Å². The molecule has 0 radical (unpaired) electrons. The van der Waals surface area contributed by atoms with Gasteiger partial charge < -0.3 is 29.4 Å². The summed E-state index contributed by atoms with van der Waals surface area (Å²) in [6.45, 7) is 1.71. The molecule has 0 spiro atoms. The van der Waals surface area contributed by atoms with Crippen molar-refractivity contribution in [2.24, 2.45) is 0 Å². The van der Waals surface area contributed by atoms with Crippen LogP contribution >= 0.6 is 0 Å². The Kier molecular flexibility index (Phi) is 6.96. The molecule has 1 aliphatic rings. The van der Waals surface area contributed by atoms with Crippen LogP contribution in [-0.4, -0.2) is 55.2 Å². The summed E-state index contributed by atoms with van der Waals surface area (Å²) in [6.07, 6.45) is 5.43. The Balaban J connectivity index is 1.53. The number of ether oxygens (including phenoxy) is 2. The van der Waals surface area contributed by atoms with Gasteiger partial charge in [0.25, 0.3) is 17.8 Å². The molecule has 33 heavy (non-hydrogen) atoms. The van der Waals surface area contributed by atoms with E-state index in [4.69, 9.17) is 13.9 Å². The molecular formula is C23H25N5O5. The lowest BCUT2D eigenvalue weighted by Gasteiger charge is -2.13. The zero-order valence-electron chi connectivity index (χ0n) is 18.4. The van der Waals surface area contributed by atoms with Crippen molar-refractivity contribution < 1.29 is 23.5 Å². The van der Waals surface area contributed by atoms with Crippen LogP contribution in [0.2, 0.25) is 0 Å². The zero-order chi connectivity index (χ0) is 23.2. The molecule has 1 saturated heterocycles. The summed E-state index contributed by atoms with van der Waals surface area (Å²) >= 11 is 0. The molecule has 10 heteroatoms. The number of methoxy groups -OCH3 is 2. The van der Waals surface area contributed by atoms with E-state index in [1.54, 1.807) is 56.9 Å². The molecule has 0 bridgehead atoms. The van der Waals surface area contributed by atoms with E-state index in [2.05, 4.69) is 20.6 Å². The van der Waals surface area contributed by atoms with Crippen LogP contribution in [0.25, 0.3) is 0 Å². The topological polar surface area (TPSA) is 119 Å². The molecule has 1 aromatic carbocycles. The third-order valence-electron chi connectivity index (χ3n) is 5.28. The van der Waals surface area contributed by atoms with Crippen molar-refractivity contribution >= 4 is 29.2 Å². The van der Waals surface area contributed by atoms with Gasteiger partial charge in [-0.25, -0.2) is 0 Å². The average molecular weight is 451 g/mol. The van der Waals surface area contributed by atoms with Gasteiger partial charge in [0.05, 0.1) is 35.8 Å². The second-order valence-corrected chi connectivity index (χ2v) is 7.57. The smallest absolute Gasteiger partial charge is 0.298 e. The van der Waals surface area contributed by atoms with Crippen molar-refractivity contribution in [3.8, 4) is 0 Å². The third-order valence-corrected chi connectivity index (χ3v) is 5.28. The number of nitrogens with zero attached hydrogens (tertiary/aromatic N) is 3. The highest BCUT2D eigenvalue weighted by molar-refractivity contribution is 6.12. The lowest BCUT2D eigenvalue weighted by Crippen LogP contribution is -2.23. The lowest BCUT2D eigenvalue weighted by molar-refractivity contribution is 0.102. The van der Waals surface area contributed by atoms with Crippen molar-refractivity contribution in [2.75, 3.05) is 42.8 Å². The predicted molar refractivity (Wildman–Crippen MR) is 121 cm³/mol. The maximum Gasteiger partial charge on any atom is 0.298 e. The first kappa shape index (κ1) is 22.4. The summed E-state index contributed by atoms with van der Waals surface area (Å²) in [4.78, 5) is 36.0. The quantitative estimate of drug-likeness (QED) is 0.537. The van der Waals surface area contributed by atoms with E-state index in [9.17, 15) is 9.59 Å². The Hall–Kier alpha value is -3.76. The van der Waals surface area contributed by atoms with E-state index < -0.39 is 5.91 Å². The fraction of sp³-hybridized carbons (Fsp3) is 0.304. The monoisotopic (exact) mass is 451 g/mol. The van der Waals surface area contributed by atoms with Gasteiger partial charge in [-0.05, 0) is 36.2 Å².